The maximum absolute atomic E-state index is 11.6. The van der Waals surface area contributed by atoms with Gasteiger partial charge < -0.3 is 10.4 Å². The van der Waals surface area contributed by atoms with Gasteiger partial charge in [0.05, 0.1) is 0 Å². The summed E-state index contributed by atoms with van der Waals surface area (Å²) >= 11 is 0. The number of nitrogens with two attached hydrogens (primary N) is 1. The van der Waals surface area contributed by atoms with Gasteiger partial charge in [-0.05, 0) is 0 Å². The molecular formula is C10H12N4O2. The van der Waals surface area contributed by atoms with Gasteiger partial charge in [-0.25, -0.2) is 0 Å². The predicted octanol–water partition coefficient (Wildman–Crippen LogP) is 0.993. The van der Waals surface area contributed by atoms with Crippen molar-refractivity contribution >= 4 is 11.5 Å². The zero-order valence-corrected chi connectivity index (χ0v) is 9.31. The van der Waals surface area contributed by atoms with E-state index in [1.807, 2.05) is 20.8 Å². The van der Waals surface area contributed by atoms with Gasteiger partial charge in [0, 0.05) is 11.5 Å². The Morgan fingerprint density at radius 2 is 2.25 bits per heavy atom. The molecule has 0 amide bonds. The van der Waals surface area contributed by atoms with Crippen molar-refractivity contribution in [3.8, 4) is 6.07 Å². The van der Waals surface area contributed by atoms with Gasteiger partial charge >= 0.3 is 0 Å². The van der Waals surface area contributed by atoms with Gasteiger partial charge in [-0.15, -0.1) is 0 Å². The van der Waals surface area contributed by atoms with E-state index in [-0.39, 0.29) is 11.1 Å². The van der Waals surface area contributed by atoms with Gasteiger partial charge in [0.15, 0.2) is 5.69 Å². The Morgan fingerprint density at radius 3 is 2.62 bits per heavy atom. The molecule has 1 heterocycles. The van der Waals surface area contributed by atoms with Crippen molar-refractivity contribution < 1.29 is 9.32 Å². The van der Waals surface area contributed by atoms with Gasteiger partial charge in [-0.3, -0.25) is 4.79 Å². The Bertz CT molecular complexity index is 474. The second-order valence-electron chi connectivity index (χ2n) is 4.25. The zero-order chi connectivity index (χ0) is 12.3. The normalized spacial score (nSPS) is 12.2. The molecule has 0 unspecified atom stereocenters. The summed E-state index contributed by atoms with van der Waals surface area (Å²) in [6, 6.07) is 3.08. The van der Waals surface area contributed by atoms with E-state index >= 15 is 0 Å². The van der Waals surface area contributed by atoms with Gasteiger partial charge in [0.25, 0.3) is 0 Å². The van der Waals surface area contributed by atoms with Crippen LogP contribution < -0.4 is 5.84 Å². The molecular weight excluding hydrogens is 208 g/mol. The molecule has 0 aliphatic carbocycles. The van der Waals surface area contributed by atoms with Crippen LogP contribution >= 0.6 is 0 Å². The lowest BCUT2D eigenvalue weighted by molar-refractivity contribution is 0.105. The van der Waals surface area contributed by atoms with Crippen molar-refractivity contribution in [3.63, 3.8) is 0 Å². The highest BCUT2D eigenvalue weighted by molar-refractivity contribution is 6.50. The second-order valence-corrected chi connectivity index (χ2v) is 4.25. The zero-order valence-electron chi connectivity index (χ0n) is 9.31. The number of carbonyl (C=O) groups excluding carboxylic acids is 1. The molecule has 6 nitrogen and oxygen atoms in total. The molecule has 0 aromatic carbocycles. The summed E-state index contributed by atoms with van der Waals surface area (Å²) in [6.07, 6.45) is 0. The average Bonchev–Trinajstić information content (AvgIpc) is 2.67. The first-order valence-electron chi connectivity index (χ1n) is 4.60. The van der Waals surface area contributed by atoms with Crippen LogP contribution in [0.15, 0.2) is 15.7 Å². The van der Waals surface area contributed by atoms with Crippen LogP contribution in [0.25, 0.3) is 0 Å². The van der Waals surface area contributed by atoms with Crippen LogP contribution in [0.5, 0.6) is 0 Å². The molecule has 0 saturated heterocycles. The van der Waals surface area contributed by atoms with Gasteiger partial charge in [0.2, 0.25) is 11.5 Å². The summed E-state index contributed by atoms with van der Waals surface area (Å²) in [5.74, 6) is 4.83. The van der Waals surface area contributed by atoms with Crippen molar-refractivity contribution in [2.24, 2.45) is 10.9 Å². The van der Waals surface area contributed by atoms with Crippen LogP contribution in [0.2, 0.25) is 0 Å². The molecule has 0 fully saturated rings. The highest BCUT2D eigenvalue weighted by atomic mass is 16.5. The molecule has 1 rings (SSSR count). The SMILES string of the molecule is CC(C)(C)c1cc(C(=O)/C(C#N)=N/N)no1. The minimum absolute atomic E-state index is 0.0377. The van der Waals surface area contributed by atoms with Crippen molar-refractivity contribution in [2.45, 2.75) is 26.2 Å². The van der Waals surface area contributed by atoms with Crippen molar-refractivity contribution in [1.29, 1.82) is 5.26 Å². The average molecular weight is 220 g/mol. The largest absolute Gasteiger partial charge is 0.360 e. The number of nitrogens with zero attached hydrogens (tertiary/aromatic N) is 3. The van der Waals surface area contributed by atoms with E-state index in [9.17, 15) is 4.79 Å². The standard InChI is InChI=1S/C10H12N4O2/c1-10(2,3)8-4-6(14-16-8)9(15)7(5-11)13-12/h4H,12H2,1-3H3/b13-7+. The van der Waals surface area contributed by atoms with Crippen LogP contribution in [0.4, 0.5) is 0 Å². The summed E-state index contributed by atoms with van der Waals surface area (Å²) < 4.78 is 5.01. The minimum atomic E-state index is -0.635. The predicted molar refractivity (Wildman–Crippen MR) is 56.8 cm³/mol. The van der Waals surface area contributed by atoms with Crippen molar-refractivity contribution in [3.05, 3.63) is 17.5 Å². The Kier molecular flexibility index (Phi) is 3.09. The highest BCUT2D eigenvalue weighted by Crippen LogP contribution is 2.22. The summed E-state index contributed by atoms with van der Waals surface area (Å²) in [5.41, 5.74) is -0.609. The highest BCUT2D eigenvalue weighted by Gasteiger charge is 2.24. The Labute approximate surface area is 92.7 Å². The molecule has 0 aliphatic heterocycles. The Balaban J connectivity index is 3.05. The third-order valence-electron chi connectivity index (χ3n) is 1.93. The maximum atomic E-state index is 11.6. The lowest BCUT2D eigenvalue weighted by Gasteiger charge is -2.11. The lowest BCUT2D eigenvalue weighted by atomic mass is 9.93. The summed E-state index contributed by atoms with van der Waals surface area (Å²) in [4.78, 5) is 11.6. The van der Waals surface area contributed by atoms with Crippen molar-refractivity contribution in [1.82, 2.24) is 5.16 Å². The molecule has 0 bridgehead atoms. The molecule has 0 radical (unpaired) electrons. The van der Waals surface area contributed by atoms with Crippen LogP contribution in [-0.4, -0.2) is 16.7 Å². The van der Waals surface area contributed by atoms with E-state index in [2.05, 4.69) is 10.3 Å². The fourth-order valence-corrected chi connectivity index (χ4v) is 0.995. The van der Waals surface area contributed by atoms with Gasteiger partial charge in [0.1, 0.15) is 11.8 Å². The van der Waals surface area contributed by atoms with Crippen LogP contribution in [-0.2, 0) is 5.41 Å². The van der Waals surface area contributed by atoms with Gasteiger partial charge in [-0.1, -0.05) is 25.9 Å². The molecule has 1 aromatic heterocycles. The van der Waals surface area contributed by atoms with E-state index in [4.69, 9.17) is 15.6 Å². The lowest BCUT2D eigenvalue weighted by Crippen LogP contribution is -2.15. The first-order chi connectivity index (χ1) is 7.40. The third kappa shape index (κ3) is 2.25. The second kappa shape index (κ2) is 4.14. The van der Waals surface area contributed by atoms with Gasteiger partial charge in [-0.2, -0.15) is 10.4 Å². The molecule has 0 saturated carbocycles. The van der Waals surface area contributed by atoms with E-state index in [1.54, 1.807) is 6.07 Å². The number of rotatable bonds is 2. The number of hydrogen-bond acceptors (Lipinski definition) is 6. The number of nitriles is 1. The van der Waals surface area contributed by atoms with Crippen LogP contribution in [0.3, 0.4) is 0 Å². The fourth-order valence-electron chi connectivity index (χ4n) is 0.995. The molecule has 1 aromatic rings. The van der Waals surface area contributed by atoms with Crippen LogP contribution in [0, 0.1) is 11.3 Å². The molecule has 6 heteroatoms. The Hall–Kier alpha value is -2.16. The van der Waals surface area contributed by atoms with E-state index in [0.717, 1.165) is 0 Å². The van der Waals surface area contributed by atoms with Crippen LogP contribution in [0.1, 0.15) is 37.0 Å². The Morgan fingerprint density at radius 1 is 1.62 bits per heavy atom. The minimum Gasteiger partial charge on any atom is -0.360 e. The van der Waals surface area contributed by atoms with Crippen molar-refractivity contribution in [2.75, 3.05) is 0 Å². The number of ketones is 1. The number of Topliss-reactive ketones (excluding diaryl/α,β-unsaturated/α-hetero) is 1. The summed E-state index contributed by atoms with van der Waals surface area (Å²) in [7, 11) is 0. The molecule has 84 valence electrons. The maximum Gasteiger partial charge on any atom is 0.245 e. The number of hydrazone groups is 1. The number of aromatic nitrogens is 1. The van der Waals surface area contributed by atoms with E-state index in [1.165, 1.54) is 6.07 Å². The first-order valence-corrected chi connectivity index (χ1v) is 4.60. The molecule has 2 N–H and O–H groups in total. The molecule has 0 atom stereocenters. The molecule has 16 heavy (non-hydrogen) atoms. The summed E-state index contributed by atoms with van der Waals surface area (Å²) in [6.45, 7) is 5.76. The molecule has 0 aliphatic rings. The quantitative estimate of drug-likeness (QED) is 0.346. The van der Waals surface area contributed by atoms with E-state index in [0.29, 0.717) is 5.76 Å². The molecule has 0 spiro atoms. The smallest absolute Gasteiger partial charge is 0.245 e. The number of hydrogen-bond donors (Lipinski definition) is 1. The third-order valence-corrected chi connectivity index (χ3v) is 1.93. The fraction of sp³-hybridized carbons (Fsp3) is 0.400. The number of carbonyl (C=O) groups is 1. The first kappa shape index (κ1) is 11.9. The topological polar surface area (TPSA) is 105 Å². The summed E-state index contributed by atoms with van der Waals surface area (Å²) in [5, 5.41) is 15.3. The van der Waals surface area contributed by atoms with E-state index < -0.39 is 11.5 Å². The monoisotopic (exact) mass is 220 g/mol.